The van der Waals surface area contributed by atoms with E-state index in [2.05, 4.69) is 15.0 Å². The second-order valence-electron chi connectivity index (χ2n) is 3.48. The zero-order valence-electron chi connectivity index (χ0n) is 9.29. The molecular formula is C10H14F3N3O. The summed E-state index contributed by atoms with van der Waals surface area (Å²) in [5, 5.41) is 2.83. The predicted molar refractivity (Wildman–Crippen MR) is 57.3 cm³/mol. The maximum absolute atomic E-state index is 11.9. The van der Waals surface area contributed by atoms with Crippen molar-refractivity contribution in [3.05, 3.63) is 24.0 Å². The monoisotopic (exact) mass is 249 g/mol. The fourth-order valence-corrected chi connectivity index (χ4v) is 1.33. The Labute approximate surface area is 97.0 Å². The van der Waals surface area contributed by atoms with Gasteiger partial charge in [0.1, 0.15) is 6.61 Å². The molecule has 0 spiro atoms. The first kappa shape index (κ1) is 13.7. The molecule has 7 heteroatoms. The number of rotatable bonds is 5. The van der Waals surface area contributed by atoms with Crippen molar-refractivity contribution >= 4 is 5.69 Å². The number of nitrogens with zero attached hydrogens (tertiary/aromatic N) is 1. The van der Waals surface area contributed by atoms with Crippen LogP contribution >= 0.6 is 0 Å². The van der Waals surface area contributed by atoms with Gasteiger partial charge < -0.3 is 15.8 Å². The molecular weight excluding hydrogens is 235 g/mol. The fraction of sp³-hybridized carbons (Fsp3) is 0.500. The lowest BCUT2D eigenvalue weighted by Gasteiger charge is -2.18. The minimum Gasteiger partial charge on any atom is -0.398 e. The first-order chi connectivity index (χ1) is 7.94. The first-order valence-electron chi connectivity index (χ1n) is 4.95. The van der Waals surface area contributed by atoms with Gasteiger partial charge in [0, 0.05) is 23.6 Å². The van der Waals surface area contributed by atoms with Gasteiger partial charge >= 0.3 is 6.18 Å². The smallest absolute Gasteiger partial charge is 0.398 e. The van der Waals surface area contributed by atoms with Gasteiger partial charge in [-0.3, -0.25) is 4.98 Å². The zero-order valence-corrected chi connectivity index (χ0v) is 9.29. The minimum atomic E-state index is -4.32. The molecule has 0 saturated heterocycles. The van der Waals surface area contributed by atoms with E-state index in [1.807, 2.05) is 0 Å². The summed E-state index contributed by atoms with van der Waals surface area (Å²) in [5.74, 6) is 0. The van der Waals surface area contributed by atoms with E-state index in [9.17, 15) is 13.2 Å². The van der Waals surface area contributed by atoms with E-state index in [0.29, 0.717) is 11.3 Å². The molecule has 0 fully saturated rings. The van der Waals surface area contributed by atoms with Gasteiger partial charge in [0.05, 0.1) is 12.6 Å². The number of alkyl halides is 3. The third-order valence-corrected chi connectivity index (χ3v) is 2.16. The summed E-state index contributed by atoms with van der Waals surface area (Å²) in [6.07, 6.45) is -1.30. The van der Waals surface area contributed by atoms with Crippen molar-refractivity contribution in [3.63, 3.8) is 0 Å². The lowest BCUT2D eigenvalue weighted by Crippen LogP contribution is -2.26. The van der Waals surface area contributed by atoms with Gasteiger partial charge in [0.2, 0.25) is 0 Å². The summed E-state index contributed by atoms with van der Waals surface area (Å²) >= 11 is 0. The maximum atomic E-state index is 11.9. The third kappa shape index (κ3) is 4.58. The number of ether oxygens (including phenoxy) is 1. The minimum absolute atomic E-state index is 0.119. The average molecular weight is 249 g/mol. The summed E-state index contributed by atoms with van der Waals surface area (Å²) in [4.78, 5) is 3.87. The number of likely N-dealkylation sites (N-methyl/N-ethyl adjacent to an activating group) is 1. The average Bonchev–Trinajstić information content (AvgIpc) is 2.24. The van der Waals surface area contributed by atoms with Gasteiger partial charge in [-0.15, -0.1) is 0 Å². The number of aromatic nitrogens is 1. The number of nitrogens with one attached hydrogen (secondary N) is 1. The van der Waals surface area contributed by atoms with Crippen molar-refractivity contribution in [1.29, 1.82) is 0 Å². The first-order valence-corrected chi connectivity index (χ1v) is 4.95. The Morgan fingerprint density at radius 1 is 1.53 bits per heavy atom. The molecule has 0 aliphatic carbocycles. The van der Waals surface area contributed by atoms with Gasteiger partial charge in [0.25, 0.3) is 0 Å². The summed E-state index contributed by atoms with van der Waals surface area (Å²) in [6.45, 7) is -1.39. The quantitative estimate of drug-likeness (QED) is 0.830. The van der Waals surface area contributed by atoms with Crippen molar-refractivity contribution in [1.82, 2.24) is 10.3 Å². The maximum Gasteiger partial charge on any atom is 0.411 e. The Bertz CT molecular complexity index is 357. The summed E-state index contributed by atoms with van der Waals surface area (Å²) in [6, 6.07) is 1.18. The number of pyridine rings is 1. The Morgan fingerprint density at radius 2 is 2.24 bits per heavy atom. The van der Waals surface area contributed by atoms with Crippen LogP contribution in [0.3, 0.4) is 0 Å². The molecule has 1 atom stereocenters. The van der Waals surface area contributed by atoms with E-state index in [1.165, 1.54) is 12.4 Å². The van der Waals surface area contributed by atoms with E-state index < -0.39 is 18.8 Å². The van der Waals surface area contributed by atoms with Crippen LogP contribution in [0.5, 0.6) is 0 Å². The Balaban J connectivity index is 2.58. The number of halogens is 3. The van der Waals surface area contributed by atoms with Gasteiger partial charge in [-0.2, -0.15) is 13.2 Å². The van der Waals surface area contributed by atoms with Crippen LogP contribution in [0.2, 0.25) is 0 Å². The molecule has 0 amide bonds. The highest BCUT2D eigenvalue weighted by molar-refractivity contribution is 5.46. The highest BCUT2D eigenvalue weighted by Gasteiger charge is 2.28. The van der Waals surface area contributed by atoms with Crippen LogP contribution in [-0.4, -0.2) is 31.4 Å². The SMILES string of the molecule is CNC(COCC(F)(F)F)c1cnccc1N. The molecule has 1 heterocycles. The van der Waals surface area contributed by atoms with Crippen LogP contribution in [0, 0.1) is 0 Å². The van der Waals surface area contributed by atoms with Crippen LogP contribution in [-0.2, 0) is 4.74 Å². The molecule has 0 bridgehead atoms. The molecule has 17 heavy (non-hydrogen) atoms. The van der Waals surface area contributed by atoms with Crippen LogP contribution in [0.1, 0.15) is 11.6 Å². The fourth-order valence-electron chi connectivity index (χ4n) is 1.33. The normalized spacial score (nSPS) is 13.6. The van der Waals surface area contributed by atoms with E-state index in [4.69, 9.17) is 5.73 Å². The number of nitrogen functional groups attached to an aromatic ring is 1. The van der Waals surface area contributed by atoms with Gasteiger partial charge in [-0.25, -0.2) is 0 Å². The van der Waals surface area contributed by atoms with Crippen molar-refractivity contribution in [2.45, 2.75) is 12.2 Å². The van der Waals surface area contributed by atoms with E-state index in [0.717, 1.165) is 0 Å². The molecule has 4 nitrogen and oxygen atoms in total. The molecule has 3 N–H and O–H groups in total. The van der Waals surface area contributed by atoms with Crippen LogP contribution < -0.4 is 11.1 Å². The number of anilines is 1. The molecule has 1 aromatic rings. The van der Waals surface area contributed by atoms with Crippen molar-refractivity contribution in [2.24, 2.45) is 0 Å². The van der Waals surface area contributed by atoms with Crippen molar-refractivity contribution in [3.8, 4) is 0 Å². The van der Waals surface area contributed by atoms with E-state index in [1.54, 1.807) is 13.1 Å². The topological polar surface area (TPSA) is 60.2 Å². The summed E-state index contributed by atoms with van der Waals surface area (Å²) < 4.78 is 40.3. The number of hydrogen-bond acceptors (Lipinski definition) is 4. The Kier molecular flexibility index (Phi) is 4.71. The lowest BCUT2D eigenvalue weighted by molar-refractivity contribution is -0.175. The molecule has 0 aliphatic heterocycles. The predicted octanol–water partition coefficient (Wildman–Crippen LogP) is 1.50. The second-order valence-corrected chi connectivity index (χ2v) is 3.48. The molecule has 1 aromatic heterocycles. The molecule has 1 unspecified atom stereocenters. The highest BCUT2D eigenvalue weighted by Crippen LogP contribution is 2.20. The molecule has 0 saturated carbocycles. The van der Waals surface area contributed by atoms with Crippen LogP contribution in [0.25, 0.3) is 0 Å². The lowest BCUT2D eigenvalue weighted by atomic mass is 10.1. The van der Waals surface area contributed by atoms with Crippen molar-refractivity contribution < 1.29 is 17.9 Å². The molecule has 96 valence electrons. The summed E-state index contributed by atoms with van der Waals surface area (Å²) in [5.41, 5.74) is 6.79. The van der Waals surface area contributed by atoms with E-state index >= 15 is 0 Å². The Hall–Kier alpha value is -1.34. The van der Waals surface area contributed by atoms with E-state index in [-0.39, 0.29) is 6.61 Å². The van der Waals surface area contributed by atoms with Gasteiger partial charge in [0.15, 0.2) is 0 Å². The molecule has 0 radical (unpaired) electrons. The second kappa shape index (κ2) is 5.83. The highest BCUT2D eigenvalue weighted by atomic mass is 19.4. The summed E-state index contributed by atoms with van der Waals surface area (Å²) in [7, 11) is 1.62. The Morgan fingerprint density at radius 3 is 2.76 bits per heavy atom. The van der Waals surface area contributed by atoms with Crippen molar-refractivity contribution in [2.75, 3.05) is 26.0 Å². The molecule has 1 rings (SSSR count). The largest absolute Gasteiger partial charge is 0.411 e. The molecule has 0 aliphatic rings. The van der Waals surface area contributed by atoms with Crippen LogP contribution in [0.4, 0.5) is 18.9 Å². The molecule has 0 aromatic carbocycles. The zero-order chi connectivity index (χ0) is 12.9. The number of nitrogens with two attached hydrogens (primary N) is 1. The van der Waals surface area contributed by atoms with Gasteiger partial charge in [-0.1, -0.05) is 0 Å². The third-order valence-electron chi connectivity index (χ3n) is 2.16. The number of hydrogen-bond donors (Lipinski definition) is 2. The standard InChI is InChI=1S/C10H14F3N3O/c1-15-9(5-17-6-10(11,12)13)7-4-16-3-2-8(7)14/h2-4,9,15H,5-6H2,1H3,(H2,14,16). The van der Waals surface area contributed by atoms with Gasteiger partial charge in [-0.05, 0) is 13.1 Å². The van der Waals surface area contributed by atoms with Crippen LogP contribution in [0.15, 0.2) is 18.5 Å².